The molecule has 4 N–H and O–H groups in total. The molecule has 0 aliphatic carbocycles. The number of nitrogens with zero attached hydrogens (tertiary/aromatic N) is 1. The minimum atomic E-state index is -1.01. The van der Waals surface area contributed by atoms with Gasteiger partial charge in [-0.15, -0.1) is 0 Å². The molecule has 1 amide bonds. The summed E-state index contributed by atoms with van der Waals surface area (Å²) in [5.41, 5.74) is 4.71. The minimum absolute atomic E-state index is 0.0791. The number of rotatable bonds is 6. The van der Waals surface area contributed by atoms with Crippen LogP contribution in [0.5, 0.6) is 0 Å². The highest BCUT2D eigenvalue weighted by molar-refractivity contribution is 7.84. The average Bonchev–Trinajstić information content (AvgIpc) is 2.44. The van der Waals surface area contributed by atoms with Crippen molar-refractivity contribution in [1.29, 1.82) is 0 Å². The van der Waals surface area contributed by atoms with Crippen LogP contribution in [0.1, 0.15) is 26.2 Å². The van der Waals surface area contributed by atoms with E-state index in [0.29, 0.717) is 38.2 Å². The van der Waals surface area contributed by atoms with E-state index in [1.165, 1.54) is 0 Å². The lowest BCUT2D eigenvalue weighted by Crippen LogP contribution is -2.54. The molecule has 1 aliphatic rings. The average molecular weight is 305 g/mol. The van der Waals surface area contributed by atoms with E-state index in [0.717, 1.165) is 0 Å². The van der Waals surface area contributed by atoms with Crippen molar-refractivity contribution in [1.82, 2.24) is 5.32 Å². The van der Waals surface area contributed by atoms with Crippen molar-refractivity contribution in [3.8, 4) is 0 Å². The van der Waals surface area contributed by atoms with Crippen LogP contribution in [0.4, 0.5) is 0 Å². The molecule has 7 nitrogen and oxygen atoms in total. The summed E-state index contributed by atoms with van der Waals surface area (Å²) >= 11 is 0. The lowest BCUT2D eigenvalue weighted by molar-refractivity contribution is -0.132. The number of carbonyl (C=O) groups excluding carboxylic acids is 1. The van der Waals surface area contributed by atoms with Gasteiger partial charge in [-0.25, -0.2) is 0 Å². The third-order valence-electron chi connectivity index (χ3n) is 3.59. The molecule has 1 aliphatic heterocycles. The first-order valence-corrected chi connectivity index (χ1v) is 8.32. The number of amides is 1. The lowest BCUT2D eigenvalue weighted by Gasteiger charge is -2.35. The van der Waals surface area contributed by atoms with Gasteiger partial charge in [-0.05, 0) is 26.2 Å². The summed E-state index contributed by atoms with van der Waals surface area (Å²) in [6.07, 6.45) is 3.03. The molecule has 20 heavy (non-hydrogen) atoms. The molecule has 2 atom stereocenters. The van der Waals surface area contributed by atoms with Crippen LogP contribution >= 0.6 is 0 Å². The van der Waals surface area contributed by atoms with Crippen molar-refractivity contribution in [2.24, 2.45) is 16.3 Å². The van der Waals surface area contributed by atoms with Crippen LogP contribution in [-0.2, 0) is 20.3 Å². The maximum atomic E-state index is 12.5. The van der Waals surface area contributed by atoms with E-state index in [1.54, 1.807) is 6.26 Å². The Morgan fingerprint density at radius 3 is 2.65 bits per heavy atom. The molecule has 0 radical (unpaired) electrons. The summed E-state index contributed by atoms with van der Waals surface area (Å²) in [4.78, 5) is 12.5. The van der Waals surface area contributed by atoms with E-state index < -0.39 is 16.2 Å². The van der Waals surface area contributed by atoms with Gasteiger partial charge in [-0.3, -0.25) is 9.00 Å². The highest BCUT2D eigenvalue weighted by Gasteiger charge is 2.44. The van der Waals surface area contributed by atoms with E-state index in [4.69, 9.17) is 15.7 Å². The van der Waals surface area contributed by atoms with Crippen molar-refractivity contribution < 1.29 is 18.9 Å². The topological polar surface area (TPSA) is 114 Å². The first kappa shape index (κ1) is 16.9. The van der Waals surface area contributed by atoms with Crippen LogP contribution in [0.2, 0.25) is 0 Å². The zero-order valence-electron chi connectivity index (χ0n) is 11.9. The molecule has 1 heterocycles. The Hall–Kier alpha value is -1.15. The number of carbonyl (C=O) groups is 1. The summed E-state index contributed by atoms with van der Waals surface area (Å²) in [6.45, 7) is 2.65. The van der Waals surface area contributed by atoms with Crippen LogP contribution < -0.4 is 11.1 Å². The van der Waals surface area contributed by atoms with Crippen LogP contribution in [-0.4, -0.2) is 52.4 Å². The normalized spacial score (nSPS) is 22.0. The predicted molar refractivity (Wildman–Crippen MR) is 77.1 cm³/mol. The molecule has 0 spiro atoms. The zero-order chi connectivity index (χ0) is 15.2. The van der Waals surface area contributed by atoms with Crippen molar-refractivity contribution in [2.75, 3.05) is 25.2 Å². The number of nitrogens with two attached hydrogens (primary N) is 1. The summed E-state index contributed by atoms with van der Waals surface area (Å²) in [5, 5.41) is 14.8. The quantitative estimate of drug-likeness (QED) is 0.272. The molecule has 116 valence electrons. The molecular formula is C12H23N3O4S. The molecule has 0 saturated carbocycles. The standard InChI is InChI=1S/C12H23N3O4S/c1-9(3-8-20(2)18)14-11(16)12(10(13)15-17)4-6-19-7-5-12/h9,17H,3-8H2,1-2H3,(H2,13,15)(H,14,16). The molecule has 8 heteroatoms. The van der Waals surface area contributed by atoms with Gasteiger partial charge in [-0.1, -0.05) is 5.16 Å². The fourth-order valence-corrected chi connectivity index (χ4v) is 2.88. The van der Waals surface area contributed by atoms with Gasteiger partial charge in [0.1, 0.15) is 5.41 Å². The van der Waals surface area contributed by atoms with E-state index in [2.05, 4.69) is 10.5 Å². The Morgan fingerprint density at radius 2 is 2.15 bits per heavy atom. The molecule has 2 unspecified atom stereocenters. The maximum absolute atomic E-state index is 12.5. The Labute approximate surface area is 121 Å². The van der Waals surface area contributed by atoms with Gasteiger partial charge in [0.25, 0.3) is 0 Å². The second-order valence-corrected chi connectivity index (χ2v) is 6.67. The minimum Gasteiger partial charge on any atom is -0.409 e. The lowest BCUT2D eigenvalue weighted by atomic mass is 9.78. The second-order valence-electron chi connectivity index (χ2n) is 5.12. The second kappa shape index (κ2) is 7.58. The van der Waals surface area contributed by atoms with Gasteiger partial charge >= 0.3 is 0 Å². The Morgan fingerprint density at radius 1 is 1.55 bits per heavy atom. The van der Waals surface area contributed by atoms with Crippen LogP contribution in [0, 0.1) is 5.41 Å². The summed E-state index contributed by atoms with van der Waals surface area (Å²) < 4.78 is 16.3. The molecule has 0 aromatic heterocycles. The van der Waals surface area contributed by atoms with Crippen molar-refractivity contribution in [3.63, 3.8) is 0 Å². The first-order chi connectivity index (χ1) is 9.42. The molecule has 1 fully saturated rings. The number of hydrogen-bond acceptors (Lipinski definition) is 5. The van der Waals surface area contributed by atoms with E-state index in [1.807, 2.05) is 6.92 Å². The number of nitrogens with one attached hydrogen (secondary N) is 1. The van der Waals surface area contributed by atoms with Gasteiger partial charge in [-0.2, -0.15) is 0 Å². The highest BCUT2D eigenvalue weighted by atomic mass is 32.2. The van der Waals surface area contributed by atoms with Gasteiger partial charge in [0.05, 0.1) is 0 Å². The molecule has 0 aromatic carbocycles. The van der Waals surface area contributed by atoms with Gasteiger partial charge in [0, 0.05) is 42.1 Å². The van der Waals surface area contributed by atoms with Crippen LogP contribution in [0.15, 0.2) is 5.16 Å². The summed E-state index contributed by atoms with van der Waals surface area (Å²) in [7, 11) is -0.886. The molecule has 0 bridgehead atoms. The van der Waals surface area contributed by atoms with E-state index in [9.17, 15) is 9.00 Å². The third kappa shape index (κ3) is 4.17. The predicted octanol–water partition coefficient (Wildman–Crippen LogP) is -0.197. The van der Waals surface area contributed by atoms with Crippen molar-refractivity contribution in [2.45, 2.75) is 32.2 Å². The SMILES string of the molecule is CC(CCS(C)=O)NC(=O)C1(C(N)=NO)CCOCC1. The highest BCUT2D eigenvalue weighted by Crippen LogP contribution is 2.31. The summed E-state index contributed by atoms with van der Waals surface area (Å²) in [6, 6.07) is -0.113. The Bertz CT molecular complexity index is 394. The van der Waals surface area contributed by atoms with Gasteiger partial charge in [0.15, 0.2) is 5.84 Å². The zero-order valence-corrected chi connectivity index (χ0v) is 12.7. The van der Waals surface area contributed by atoms with Crippen molar-refractivity contribution >= 4 is 22.5 Å². The molecule has 1 rings (SSSR count). The van der Waals surface area contributed by atoms with Crippen LogP contribution in [0.3, 0.4) is 0 Å². The maximum Gasteiger partial charge on any atom is 0.234 e. The fourth-order valence-electron chi connectivity index (χ4n) is 2.19. The number of amidine groups is 1. The monoisotopic (exact) mass is 305 g/mol. The Balaban J connectivity index is 2.71. The van der Waals surface area contributed by atoms with E-state index in [-0.39, 0.29) is 17.8 Å². The van der Waals surface area contributed by atoms with Gasteiger partial charge < -0.3 is 21.0 Å². The van der Waals surface area contributed by atoms with Crippen LogP contribution in [0.25, 0.3) is 0 Å². The number of oxime groups is 1. The van der Waals surface area contributed by atoms with Gasteiger partial charge in [0.2, 0.25) is 5.91 Å². The number of hydrogen-bond donors (Lipinski definition) is 3. The molecule has 1 saturated heterocycles. The third-order valence-corrected chi connectivity index (χ3v) is 4.41. The number of ether oxygens (including phenoxy) is 1. The summed E-state index contributed by atoms with van der Waals surface area (Å²) in [5.74, 6) is 0.191. The molecule has 0 aromatic rings. The smallest absolute Gasteiger partial charge is 0.234 e. The molecular weight excluding hydrogens is 282 g/mol. The fraction of sp³-hybridized carbons (Fsp3) is 0.833. The largest absolute Gasteiger partial charge is 0.409 e. The van der Waals surface area contributed by atoms with E-state index >= 15 is 0 Å². The van der Waals surface area contributed by atoms with Crippen molar-refractivity contribution in [3.05, 3.63) is 0 Å². The Kier molecular flexibility index (Phi) is 6.41. The first-order valence-electron chi connectivity index (χ1n) is 6.59.